The van der Waals surface area contributed by atoms with E-state index in [1.807, 2.05) is 13.8 Å². The first kappa shape index (κ1) is 22.9. The summed E-state index contributed by atoms with van der Waals surface area (Å²) in [7, 11) is -1.92. The van der Waals surface area contributed by atoms with Gasteiger partial charge in [0.25, 0.3) is 0 Å². The van der Waals surface area contributed by atoms with Crippen LogP contribution in [0.4, 0.5) is 0 Å². The lowest BCUT2D eigenvalue weighted by atomic mass is 10.4. The van der Waals surface area contributed by atoms with Crippen LogP contribution in [-0.4, -0.2) is 31.7 Å². The molecular formula is C16H37O3P3. The molecule has 0 atom stereocenters. The molecule has 0 aliphatic rings. The van der Waals surface area contributed by atoms with Gasteiger partial charge in [-0.2, -0.15) is 0 Å². The van der Waals surface area contributed by atoms with Crippen molar-refractivity contribution in [3.8, 4) is 0 Å². The van der Waals surface area contributed by atoms with Crippen LogP contribution in [0.3, 0.4) is 0 Å². The molecule has 0 amide bonds. The van der Waals surface area contributed by atoms with E-state index in [9.17, 15) is 4.57 Å². The van der Waals surface area contributed by atoms with Crippen molar-refractivity contribution in [1.29, 1.82) is 0 Å². The van der Waals surface area contributed by atoms with Crippen molar-refractivity contribution in [3.63, 3.8) is 0 Å². The molecule has 0 rings (SSSR count). The molecule has 0 heterocycles. The van der Waals surface area contributed by atoms with E-state index in [0.717, 1.165) is 7.56 Å². The summed E-state index contributed by atoms with van der Waals surface area (Å²) in [5.41, 5.74) is 0. The van der Waals surface area contributed by atoms with E-state index < -0.39 is 13.8 Å². The molecule has 0 aliphatic carbocycles. The fourth-order valence-corrected chi connectivity index (χ4v) is 19.4. The lowest BCUT2D eigenvalue weighted by Gasteiger charge is -2.27. The third kappa shape index (κ3) is 9.24. The topological polar surface area (TPSA) is 35.5 Å². The fourth-order valence-electron chi connectivity index (χ4n) is 2.47. The van der Waals surface area contributed by atoms with Crippen molar-refractivity contribution < 1.29 is 13.6 Å². The van der Waals surface area contributed by atoms with Gasteiger partial charge in [-0.05, 0) is 51.6 Å². The highest BCUT2D eigenvalue weighted by Gasteiger charge is 2.28. The number of unbranched alkanes of at least 4 members (excludes halogenated alkanes) is 3. The van der Waals surface area contributed by atoms with Gasteiger partial charge >= 0.3 is 7.28 Å². The van der Waals surface area contributed by atoms with Gasteiger partial charge in [0.2, 0.25) is 0 Å². The summed E-state index contributed by atoms with van der Waals surface area (Å²) in [6, 6.07) is 0. The maximum absolute atomic E-state index is 13.1. The Balaban J connectivity index is 5.58. The first-order valence-corrected chi connectivity index (χ1v) is 15.2. The molecular weight excluding hydrogens is 333 g/mol. The summed E-state index contributed by atoms with van der Waals surface area (Å²) in [6.07, 6.45) is 11.1. The average Bonchev–Trinajstić information content (AvgIpc) is 2.49. The molecule has 6 heteroatoms. The summed E-state index contributed by atoms with van der Waals surface area (Å²) < 4.78 is 24.3. The van der Waals surface area contributed by atoms with Crippen LogP contribution < -0.4 is 0 Å². The van der Waals surface area contributed by atoms with Crippen LogP contribution in [0.2, 0.25) is 0 Å². The largest absolute Gasteiger partial charge is 0.378 e. The third-order valence-corrected chi connectivity index (χ3v) is 18.6. The van der Waals surface area contributed by atoms with E-state index in [1.165, 1.54) is 57.0 Å². The molecule has 3 nitrogen and oxygen atoms in total. The molecule has 0 radical (unpaired) electrons. The van der Waals surface area contributed by atoms with E-state index in [2.05, 4.69) is 20.8 Å². The molecule has 0 spiro atoms. The number of hydrogen-bond acceptors (Lipinski definition) is 3. The molecule has 0 aromatic carbocycles. The summed E-state index contributed by atoms with van der Waals surface area (Å²) in [4.78, 5) is 0. The van der Waals surface area contributed by atoms with Crippen LogP contribution >= 0.6 is 21.4 Å². The molecule has 0 saturated heterocycles. The fraction of sp³-hybridized carbons (Fsp3) is 1.00. The second kappa shape index (κ2) is 13.2. The lowest BCUT2D eigenvalue weighted by Crippen LogP contribution is -2.00. The predicted molar refractivity (Wildman–Crippen MR) is 104 cm³/mol. The Morgan fingerprint density at radius 3 is 1.36 bits per heavy atom. The minimum atomic E-state index is -2.94. The van der Waals surface area contributed by atoms with Gasteiger partial charge in [-0.1, -0.05) is 46.6 Å². The molecule has 0 aromatic heterocycles. The summed E-state index contributed by atoms with van der Waals surface area (Å²) in [6.45, 7) is 10.2. The summed E-state index contributed by atoms with van der Waals surface area (Å²) in [5.74, 6) is 0. The van der Waals surface area contributed by atoms with Crippen molar-refractivity contribution >= 4 is 21.4 Å². The first-order chi connectivity index (χ1) is 10.5. The van der Waals surface area contributed by atoms with Crippen molar-refractivity contribution in [1.82, 2.24) is 0 Å². The molecule has 0 bridgehead atoms. The van der Waals surface area contributed by atoms with Gasteiger partial charge in [0.05, 0.1) is 13.2 Å². The van der Waals surface area contributed by atoms with E-state index in [1.54, 1.807) is 0 Å². The Morgan fingerprint density at radius 1 is 0.727 bits per heavy atom. The van der Waals surface area contributed by atoms with Crippen LogP contribution in [-0.2, 0) is 13.6 Å². The monoisotopic (exact) mass is 370 g/mol. The SMILES string of the molecule is CCCCP(CCCC)(CCCC)=PP(=O)(OCC)OCC. The Morgan fingerprint density at radius 2 is 1.09 bits per heavy atom. The molecule has 0 saturated carbocycles. The van der Waals surface area contributed by atoms with E-state index in [0.29, 0.717) is 13.2 Å². The zero-order chi connectivity index (χ0) is 16.9. The zero-order valence-electron chi connectivity index (χ0n) is 15.3. The first-order valence-electron chi connectivity index (χ1n) is 9.01. The molecule has 134 valence electrons. The summed E-state index contributed by atoms with van der Waals surface area (Å²) in [5, 5.41) is 0. The molecule has 0 N–H and O–H groups in total. The third-order valence-electron chi connectivity index (χ3n) is 3.67. The maximum Gasteiger partial charge on any atom is 0.378 e. The second-order valence-electron chi connectivity index (χ2n) is 5.72. The van der Waals surface area contributed by atoms with Crippen molar-refractivity contribution in [3.05, 3.63) is 0 Å². The highest BCUT2D eigenvalue weighted by molar-refractivity contribution is 8.38. The van der Waals surface area contributed by atoms with Gasteiger partial charge in [-0.25, -0.2) is 4.57 Å². The molecule has 0 unspecified atom stereocenters. The van der Waals surface area contributed by atoms with Crippen molar-refractivity contribution in [2.24, 2.45) is 0 Å². The molecule has 0 aromatic rings. The quantitative estimate of drug-likeness (QED) is 0.298. The molecule has 0 fully saturated rings. The van der Waals surface area contributed by atoms with Gasteiger partial charge in [0.1, 0.15) is 0 Å². The Labute approximate surface area is 140 Å². The van der Waals surface area contributed by atoms with Gasteiger partial charge in [0.15, 0.2) is 0 Å². The molecule has 0 aliphatic heterocycles. The normalized spacial score (nSPS) is 13.0. The van der Waals surface area contributed by atoms with E-state index >= 15 is 0 Å². The number of hydrogen-bond donors (Lipinski definition) is 0. The zero-order valence-corrected chi connectivity index (χ0v) is 18.0. The highest BCUT2D eigenvalue weighted by Crippen LogP contribution is 2.75. The Kier molecular flexibility index (Phi) is 13.7. The van der Waals surface area contributed by atoms with E-state index in [-0.39, 0.29) is 0 Å². The standard InChI is InChI=1S/C16H37O3P3/c1-6-11-14-21(15-12-7-2,16-13-8-3)20-22(17,18-9-4)19-10-5/h6-16H2,1-5H3. The highest BCUT2D eigenvalue weighted by atomic mass is 32.3. The van der Waals surface area contributed by atoms with Gasteiger partial charge < -0.3 is 9.05 Å². The average molecular weight is 370 g/mol. The summed E-state index contributed by atoms with van der Waals surface area (Å²) >= 11 is 0. The minimum absolute atomic E-state index is 0.472. The van der Waals surface area contributed by atoms with Gasteiger partial charge in [-0.3, -0.25) is 0 Å². The maximum atomic E-state index is 13.1. The van der Waals surface area contributed by atoms with E-state index in [4.69, 9.17) is 9.05 Å². The Hall–Kier alpha value is 0.880. The van der Waals surface area contributed by atoms with Crippen LogP contribution in [0.25, 0.3) is 0 Å². The van der Waals surface area contributed by atoms with Gasteiger partial charge in [-0.15, -0.1) is 0 Å². The number of rotatable bonds is 14. The smallest absolute Gasteiger partial charge is 0.303 e. The van der Waals surface area contributed by atoms with Crippen molar-refractivity contribution in [2.75, 3.05) is 31.7 Å². The van der Waals surface area contributed by atoms with Crippen LogP contribution in [0.1, 0.15) is 73.1 Å². The second-order valence-corrected chi connectivity index (χ2v) is 17.0. The minimum Gasteiger partial charge on any atom is -0.303 e. The predicted octanol–water partition coefficient (Wildman–Crippen LogP) is 7.45. The van der Waals surface area contributed by atoms with Gasteiger partial charge in [0, 0.05) is 7.56 Å². The molecule has 22 heavy (non-hydrogen) atoms. The van der Waals surface area contributed by atoms with Crippen molar-refractivity contribution in [2.45, 2.75) is 73.1 Å². The Bertz CT molecular complexity index is 331. The van der Waals surface area contributed by atoms with Crippen LogP contribution in [0.5, 0.6) is 0 Å². The lowest BCUT2D eigenvalue weighted by molar-refractivity contribution is 0.236. The van der Waals surface area contributed by atoms with Crippen LogP contribution in [0, 0.1) is 0 Å². The van der Waals surface area contributed by atoms with Crippen LogP contribution in [0.15, 0.2) is 0 Å².